The van der Waals surface area contributed by atoms with Gasteiger partial charge in [0.1, 0.15) is 18.2 Å². The van der Waals surface area contributed by atoms with Crippen LogP contribution in [0, 0.1) is 5.82 Å². The van der Waals surface area contributed by atoms with E-state index in [2.05, 4.69) is 5.16 Å². The largest absolute Gasteiger partial charge is 0.489 e. The van der Waals surface area contributed by atoms with Crippen LogP contribution in [0.4, 0.5) is 4.39 Å². The summed E-state index contributed by atoms with van der Waals surface area (Å²) in [7, 11) is 0. The van der Waals surface area contributed by atoms with Gasteiger partial charge in [-0.05, 0) is 54.7 Å². The lowest BCUT2D eigenvalue weighted by Crippen LogP contribution is -2.12. The predicted octanol–water partition coefficient (Wildman–Crippen LogP) is 4.42. The Morgan fingerprint density at radius 3 is 2.23 bits per heavy atom. The summed E-state index contributed by atoms with van der Waals surface area (Å²) in [4.78, 5) is 10.7. The van der Waals surface area contributed by atoms with Gasteiger partial charge in [-0.1, -0.05) is 35.8 Å². The van der Waals surface area contributed by atoms with Crippen LogP contribution in [0.25, 0.3) is 0 Å². The van der Waals surface area contributed by atoms with Crippen molar-refractivity contribution in [1.82, 2.24) is 0 Å². The van der Waals surface area contributed by atoms with Crippen LogP contribution in [0.1, 0.15) is 36.8 Å². The molecule has 0 aliphatic rings. The normalized spacial score (nSPS) is 11.3. The van der Waals surface area contributed by atoms with Crippen LogP contribution < -0.4 is 4.74 Å². The number of ether oxygens (including phenoxy) is 1. The number of carboxylic acid groups (broad SMARTS) is 1. The van der Waals surface area contributed by atoms with E-state index in [1.165, 1.54) is 17.7 Å². The van der Waals surface area contributed by atoms with Crippen molar-refractivity contribution in [3.63, 3.8) is 0 Å². The number of hydrogen-bond acceptors (Lipinski definition) is 4. The molecule has 6 heteroatoms. The van der Waals surface area contributed by atoms with Crippen molar-refractivity contribution in [2.24, 2.45) is 5.16 Å². The molecule has 0 heterocycles. The molecule has 2 rings (SSSR count). The molecule has 2 aromatic carbocycles. The summed E-state index contributed by atoms with van der Waals surface area (Å²) >= 11 is 0. The highest BCUT2D eigenvalue weighted by molar-refractivity contribution is 6.35. The highest BCUT2D eigenvalue weighted by Crippen LogP contribution is 2.16. The Bertz CT molecular complexity index is 726. The maximum Gasteiger partial charge on any atom is 0.353 e. The Kier molecular flexibility index (Phi) is 7.61. The minimum Gasteiger partial charge on any atom is -0.489 e. The molecule has 0 atom stereocenters. The van der Waals surface area contributed by atoms with E-state index in [1.54, 1.807) is 12.1 Å². The average molecular weight is 359 g/mol. The minimum absolute atomic E-state index is 0.201. The third kappa shape index (κ3) is 6.55. The molecule has 138 valence electrons. The highest BCUT2D eigenvalue weighted by Gasteiger charge is 2.09. The van der Waals surface area contributed by atoms with Gasteiger partial charge in [-0.2, -0.15) is 0 Å². The quantitative estimate of drug-likeness (QED) is 0.285. The SMILES string of the molecule is O=C(O)C(CCCCCc1ccc(OCc2ccc(F)cc2)cc1)=NO. The number of hydrogen-bond donors (Lipinski definition) is 2. The number of halogens is 1. The van der Waals surface area contributed by atoms with Crippen molar-refractivity contribution in [2.45, 2.75) is 38.7 Å². The van der Waals surface area contributed by atoms with Crippen LogP contribution in [0.3, 0.4) is 0 Å². The molecule has 0 aliphatic carbocycles. The smallest absolute Gasteiger partial charge is 0.353 e. The van der Waals surface area contributed by atoms with E-state index in [-0.39, 0.29) is 17.9 Å². The van der Waals surface area contributed by atoms with E-state index in [4.69, 9.17) is 15.1 Å². The van der Waals surface area contributed by atoms with E-state index in [0.717, 1.165) is 30.6 Å². The first-order valence-electron chi connectivity index (χ1n) is 8.49. The monoisotopic (exact) mass is 359 g/mol. The maximum absolute atomic E-state index is 12.9. The molecule has 0 fully saturated rings. The standard InChI is InChI=1S/C20H22FNO4/c21-17-10-6-16(7-11-17)14-26-18-12-8-15(9-13-18)4-2-1-3-5-19(22-25)20(23)24/h6-13,25H,1-5,14H2,(H,23,24). The Balaban J connectivity index is 1.68. The number of aliphatic carboxylic acids is 1. The second-order valence-electron chi connectivity index (χ2n) is 5.97. The van der Waals surface area contributed by atoms with Crippen LogP contribution in [0.5, 0.6) is 5.75 Å². The van der Waals surface area contributed by atoms with E-state index in [0.29, 0.717) is 13.0 Å². The molecular formula is C20H22FNO4. The van der Waals surface area contributed by atoms with E-state index >= 15 is 0 Å². The molecule has 0 unspecified atom stereocenters. The number of rotatable bonds is 10. The summed E-state index contributed by atoms with van der Waals surface area (Å²) in [6.07, 6.45) is 3.60. The van der Waals surface area contributed by atoms with Gasteiger partial charge < -0.3 is 15.1 Å². The number of carbonyl (C=O) groups is 1. The summed E-state index contributed by atoms with van der Waals surface area (Å²) < 4.78 is 18.5. The number of nitrogens with zero attached hydrogens (tertiary/aromatic N) is 1. The van der Waals surface area contributed by atoms with Gasteiger partial charge in [0, 0.05) is 6.42 Å². The fourth-order valence-corrected chi connectivity index (χ4v) is 2.50. The van der Waals surface area contributed by atoms with Crippen LogP contribution in [-0.2, 0) is 17.8 Å². The number of unbranched alkanes of at least 4 members (excludes halogenated alkanes) is 2. The molecule has 26 heavy (non-hydrogen) atoms. The fraction of sp³-hybridized carbons (Fsp3) is 0.300. The highest BCUT2D eigenvalue weighted by atomic mass is 19.1. The number of oxime groups is 1. The number of carboxylic acids is 1. The molecule has 0 saturated heterocycles. The average Bonchev–Trinajstić information content (AvgIpc) is 2.65. The zero-order valence-electron chi connectivity index (χ0n) is 14.4. The van der Waals surface area contributed by atoms with Gasteiger partial charge in [0.25, 0.3) is 0 Å². The lowest BCUT2D eigenvalue weighted by molar-refractivity contribution is -0.129. The fourth-order valence-electron chi connectivity index (χ4n) is 2.50. The van der Waals surface area contributed by atoms with Gasteiger partial charge in [-0.25, -0.2) is 9.18 Å². The second-order valence-corrected chi connectivity index (χ2v) is 5.97. The summed E-state index contributed by atoms with van der Waals surface area (Å²) in [5.74, 6) is -0.687. The summed E-state index contributed by atoms with van der Waals surface area (Å²) in [6, 6.07) is 14.0. The Labute approximate surface area is 151 Å². The van der Waals surface area contributed by atoms with Crippen molar-refractivity contribution in [3.05, 3.63) is 65.5 Å². The van der Waals surface area contributed by atoms with Gasteiger partial charge in [-0.15, -0.1) is 0 Å². The van der Waals surface area contributed by atoms with Gasteiger partial charge in [0.15, 0.2) is 5.71 Å². The molecular weight excluding hydrogens is 337 g/mol. The summed E-state index contributed by atoms with van der Waals surface area (Å²) in [6.45, 7) is 0.387. The number of benzene rings is 2. The Morgan fingerprint density at radius 1 is 0.962 bits per heavy atom. The van der Waals surface area contributed by atoms with Crippen molar-refractivity contribution < 1.29 is 24.2 Å². The van der Waals surface area contributed by atoms with E-state index in [9.17, 15) is 9.18 Å². The van der Waals surface area contributed by atoms with Gasteiger partial charge in [-0.3, -0.25) is 0 Å². The zero-order chi connectivity index (χ0) is 18.8. The molecule has 2 N–H and O–H groups in total. The third-order valence-electron chi connectivity index (χ3n) is 3.99. The van der Waals surface area contributed by atoms with Crippen molar-refractivity contribution in [1.29, 1.82) is 0 Å². The first-order valence-corrected chi connectivity index (χ1v) is 8.49. The van der Waals surface area contributed by atoms with Crippen molar-refractivity contribution in [2.75, 3.05) is 0 Å². The van der Waals surface area contributed by atoms with Crippen LogP contribution in [0.15, 0.2) is 53.7 Å². The molecule has 0 amide bonds. The van der Waals surface area contributed by atoms with Crippen LogP contribution in [0.2, 0.25) is 0 Å². The summed E-state index contributed by atoms with van der Waals surface area (Å²) in [5, 5.41) is 20.1. The molecule has 0 radical (unpaired) electrons. The molecule has 0 bridgehead atoms. The van der Waals surface area contributed by atoms with Crippen molar-refractivity contribution in [3.8, 4) is 5.75 Å². The Hall–Kier alpha value is -2.89. The molecule has 0 spiro atoms. The predicted molar refractivity (Wildman–Crippen MR) is 96.2 cm³/mol. The first kappa shape index (κ1) is 19.4. The lowest BCUT2D eigenvalue weighted by atomic mass is 10.0. The van der Waals surface area contributed by atoms with Crippen molar-refractivity contribution >= 4 is 11.7 Å². The Morgan fingerprint density at radius 2 is 1.62 bits per heavy atom. The molecule has 0 aliphatic heterocycles. The molecule has 5 nitrogen and oxygen atoms in total. The minimum atomic E-state index is -1.18. The maximum atomic E-state index is 12.9. The zero-order valence-corrected chi connectivity index (χ0v) is 14.4. The van der Waals surface area contributed by atoms with E-state index < -0.39 is 5.97 Å². The topological polar surface area (TPSA) is 79.1 Å². The molecule has 0 saturated carbocycles. The van der Waals surface area contributed by atoms with E-state index in [1.807, 2.05) is 24.3 Å². The van der Waals surface area contributed by atoms with Gasteiger partial charge >= 0.3 is 5.97 Å². The van der Waals surface area contributed by atoms with Crippen LogP contribution in [-0.4, -0.2) is 22.0 Å². The van der Waals surface area contributed by atoms with Gasteiger partial charge in [0.05, 0.1) is 0 Å². The lowest BCUT2D eigenvalue weighted by Gasteiger charge is -2.08. The third-order valence-corrected chi connectivity index (χ3v) is 3.99. The van der Waals surface area contributed by atoms with Crippen LogP contribution >= 0.6 is 0 Å². The second kappa shape index (κ2) is 10.2. The number of aryl methyl sites for hydroxylation is 1. The summed E-state index contributed by atoms with van der Waals surface area (Å²) in [5.41, 5.74) is 1.88. The molecule has 2 aromatic rings. The van der Waals surface area contributed by atoms with Gasteiger partial charge in [0.2, 0.25) is 0 Å². The molecule has 0 aromatic heterocycles. The first-order chi connectivity index (χ1) is 12.6.